The van der Waals surface area contributed by atoms with Gasteiger partial charge in [-0.1, -0.05) is 34.6 Å². The van der Waals surface area contributed by atoms with E-state index in [2.05, 4.69) is 41.5 Å². The van der Waals surface area contributed by atoms with Gasteiger partial charge in [0.2, 0.25) is 0 Å². The Balaban J connectivity index is 3.85. The fourth-order valence-corrected chi connectivity index (χ4v) is 1.75. The minimum atomic E-state index is 0.457. The largest absolute Gasteiger partial charge is 0.378 e. The molecule has 0 amide bonds. The summed E-state index contributed by atoms with van der Waals surface area (Å²) in [6.45, 7) is 14.4. The molecule has 0 bridgehead atoms. The van der Waals surface area contributed by atoms with E-state index in [1.165, 1.54) is 12.8 Å². The molecule has 0 fully saturated rings. The number of hydrogen-bond acceptors (Lipinski definition) is 1. The van der Waals surface area contributed by atoms with E-state index in [9.17, 15) is 0 Å². The predicted molar refractivity (Wildman–Crippen MR) is 63.6 cm³/mol. The second-order valence-electron chi connectivity index (χ2n) is 5.48. The molecule has 0 heterocycles. The van der Waals surface area contributed by atoms with Crippen molar-refractivity contribution >= 4 is 0 Å². The molecule has 1 heteroatoms. The Hall–Kier alpha value is -0.0400. The number of rotatable bonds is 6. The van der Waals surface area contributed by atoms with E-state index < -0.39 is 0 Å². The van der Waals surface area contributed by atoms with Crippen LogP contribution in [-0.4, -0.2) is 12.7 Å². The van der Waals surface area contributed by atoms with Gasteiger partial charge in [0.1, 0.15) is 0 Å². The zero-order chi connectivity index (χ0) is 11.2. The average molecular weight is 200 g/mol. The minimum Gasteiger partial charge on any atom is -0.378 e. The van der Waals surface area contributed by atoms with Crippen molar-refractivity contribution in [3.05, 3.63) is 0 Å². The molecule has 0 aromatic rings. The van der Waals surface area contributed by atoms with Gasteiger partial charge in [0.25, 0.3) is 0 Å². The van der Waals surface area contributed by atoms with Crippen LogP contribution in [-0.2, 0) is 4.74 Å². The van der Waals surface area contributed by atoms with E-state index in [1.807, 2.05) is 0 Å². The van der Waals surface area contributed by atoms with Crippen molar-refractivity contribution in [3.63, 3.8) is 0 Å². The lowest BCUT2D eigenvalue weighted by Crippen LogP contribution is -2.22. The van der Waals surface area contributed by atoms with Gasteiger partial charge >= 0.3 is 0 Å². The highest BCUT2D eigenvalue weighted by atomic mass is 16.5. The third-order valence-corrected chi connectivity index (χ3v) is 2.77. The summed E-state index contributed by atoms with van der Waals surface area (Å²) in [5, 5.41) is 0. The molecule has 86 valence electrons. The first-order valence-electron chi connectivity index (χ1n) is 6.02. The smallest absolute Gasteiger partial charge is 0.0597 e. The van der Waals surface area contributed by atoms with Crippen LogP contribution in [0.1, 0.15) is 60.8 Å². The molecule has 0 spiro atoms. The molecule has 2 atom stereocenters. The van der Waals surface area contributed by atoms with Gasteiger partial charge in [0.15, 0.2) is 0 Å². The van der Waals surface area contributed by atoms with E-state index in [4.69, 9.17) is 4.74 Å². The summed E-state index contributed by atoms with van der Waals surface area (Å²) < 4.78 is 5.72. The number of ether oxygens (including phenoxy) is 1. The summed E-state index contributed by atoms with van der Waals surface area (Å²) in [7, 11) is 0. The molecular weight excluding hydrogens is 172 g/mol. The van der Waals surface area contributed by atoms with Gasteiger partial charge in [-0.25, -0.2) is 0 Å². The molecule has 0 rings (SSSR count). The third-order valence-electron chi connectivity index (χ3n) is 2.77. The molecule has 0 aliphatic heterocycles. The van der Waals surface area contributed by atoms with Crippen molar-refractivity contribution in [1.82, 2.24) is 0 Å². The van der Waals surface area contributed by atoms with Crippen molar-refractivity contribution in [3.8, 4) is 0 Å². The Kier molecular flexibility index (Phi) is 6.43. The summed E-state index contributed by atoms with van der Waals surface area (Å²) in [6, 6.07) is 0. The molecule has 1 nitrogen and oxygen atoms in total. The zero-order valence-electron chi connectivity index (χ0n) is 10.9. The lowest BCUT2D eigenvalue weighted by Gasteiger charge is -2.26. The van der Waals surface area contributed by atoms with Crippen LogP contribution in [0.4, 0.5) is 0 Å². The van der Waals surface area contributed by atoms with Crippen molar-refractivity contribution in [1.29, 1.82) is 0 Å². The van der Waals surface area contributed by atoms with E-state index in [0.29, 0.717) is 17.4 Å². The molecule has 0 aliphatic rings. The maximum atomic E-state index is 5.72. The quantitative estimate of drug-likeness (QED) is 0.622. The lowest BCUT2D eigenvalue weighted by atomic mass is 9.85. The maximum absolute atomic E-state index is 5.72. The normalized spacial score (nSPS) is 16.7. The van der Waals surface area contributed by atoms with Crippen LogP contribution in [0.2, 0.25) is 0 Å². The third kappa shape index (κ3) is 6.42. The van der Waals surface area contributed by atoms with Crippen LogP contribution in [0.15, 0.2) is 0 Å². The highest BCUT2D eigenvalue weighted by Gasteiger charge is 2.18. The summed E-state index contributed by atoms with van der Waals surface area (Å²) in [5.41, 5.74) is 0.457. The van der Waals surface area contributed by atoms with Gasteiger partial charge in [-0.2, -0.15) is 0 Å². The van der Waals surface area contributed by atoms with Gasteiger partial charge in [0.05, 0.1) is 6.10 Å². The number of hydrogen-bond donors (Lipinski definition) is 0. The minimum absolute atomic E-state index is 0.457. The Labute approximate surface area is 90.2 Å². The predicted octanol–water partition coefficient (Wildman–Crippen LogP) is 4.26. The van der Waals surface area contributed by atoms with Gasteiger partial charge in [-0.15, -0.1) is 0 Å². The Morgan fingerprint density at radius 2 is 1.71 bits per heavy atom. The maximum Gasteiger partial charge on any atom is 0.0597 e. The van der Waals surface area contributed by atoms with Crippen LogP contribution in [0, 0.1) is 11.3 Å². The Morgan fingerprint density at radius 1 is 1.14 bits per heavy atom. The van der Waals surface area contributed by atoms with E-state index >= 15 is 0 Å². The van der Waals surface area contributed by atoms with Crippen LogP contribution >= 0.6 is 0 Å². The SMILES string of the molecule is CCO[C@H](CC)C(C)CCC(C)(C)C. The monoisotopic (exact) mass is 200 g/mol. The second kappa shape index (κ2) is 6.44. The highest BCUT2D eigenvalue weighted by Crippen LogP contribution is 2.26. The van der Waals surface area contributed by atoms with Crippen molar-refractivity contribution in [2.24, 2.45) is 11.3 Å². The van der Waals surface area contributed by atoms with E-state index in [-0.39, 0.29) is 0 Å². The molecule has 0 saturated heterocycles. The lowest BCUT2D eigenvalue weighted by molar-refractivity contribution is 0.0172. The van der Waals surface area contributed by atoms with Crippen LogP contribution < -0.4 is 0 Å². The van der Waals surface area contributed by atoms with Crippen molar-refractivity contribution in [2.75, 3.05) is 6.61 Å². The highest BCUT2D eigenvalue weighted by molar-refractivity contribution is 4.69. The van der Waals surface area contributed by atoms with Gasteiger partial charge in [-0.3, -0.25) is 0 Å². The zero-order valence-corrected chi connectivity index (χ0v) is 10.9. The Morgan fingerprint density at radius 3 is 2.07 bits per heavy atom. The molecular formula is C13H28O. The summed E-state index contributed by atoms with van der Waals surface area (Å²) in [5.74, 6) is 0.694. The first-order chi connectivity index (χ1) is 6.40. The van der Waals surface area contributed by atoms with Crippen molar-refractivity contribution in [2.45, 2.75) is 66.9 Å². The van der Waals surface area contributed by atoms with Gasteiger partial charge in [-0.05, 0) is 37.5 Å². The topological polar surface area (TPSA) is 9.23 Å². The van der Waals surface area contributed by atoms with Gasteiger partial charge < -0.3 is 4.74 Å². The first-order valence-corrected chi connectivity index (χ1v) is 6.02. The molecule has 0 radical (unpaired) electrons. The second-order valence-corrected chi connectivity index (χ2v) is 5.48. The molecule has 0 N–H and O–H groups in total. The molecule has 0 aromatic carbocycles. The van der Waals surface area contributed by atoms with Crippen molar-refractivity contribution < 1.29 is 4.74 Å². The molecule has 1 unspecified atom stereocenters. The average Bonchev–Trinajstić information content (AvgIpc) is 2.09. The molecule has 0 aromatic heterocycles. The fourth-order valence-electron chi connectivity index (χ4n) is 1.75. The molecule has 0 aliphatic carbocycles. The summed E-state index contributed by atoms with van der Waals surface area (Å²) in [6.07, 6.45) is 4.17. The van der Waals surface area contributed by atoms with E-state index in [0.717, 1.165) is 13.0 Å². The van der Waals surface area contributed by atoms with Crippen LogP contribution in [0.25, 0.3) is 0 Å². The summed E-state index contributed by atoms with van der Waals surface area (Å²) in [4.78, 5) is 0. The fraction of sp³-hybridized carbons (Fsp3) is 1.00. The van der Waals surface area contributed by atoms with Crippen LogP contribution in [0.3, 0.4) is 0 Å². The van der Waals surface area contributed by atoms with Crippen LogP contribution in [0.5, 0.6) is 0 Å². The van der Waals surface area contributed by atoms with E-state index in [1.54, 1.807) is 0 Å². The Bertz CT molecular complexity index is 135. The standard InChI is InChI=1S/C13H28O/c1-7-12(14-8-2)11(3)9-10-13(4,5)6/h11-12H,7-10H2,1-6H3/t11?,12-/m1/s1. The summed E-state index contributed by atoms with van der Waals surface area (Å²) >= 11 is 0. The molecule has 14 heavy (non-hydrogen) atoms. The molecule has 0 saturated carbocycles. The van der Waals surface area contributed by atoms with Gasteiger partial charge in [0, 0.05) is 6.61 Å². The first kappa shape index (κ1) is 14.0.